The Morgan fingerprint density at radius 2 is 1.67 bits per heavy atom. The van der Waals surface area contributed by atoms with Crippen LogP contribution >= 0.6 is 0 Å². The molecule has 1 fully saturated rings. The van der Waals surface area contributed by atoms with E-state index in [0.717, 1.165) is 19.5 Å². The van der Waals surface area contributed by atoms with Gasteiger partial charge in [0.25, 0.3) is 0 Å². The second kappa shape index (κ2) is 6.91. The zero-order valence-corrected chi connectivity index (χ0v) is 13.7. The van der Waals surface area contributed by atoms with E-state index in [4.69, 9.17) is 0 Å². The molecule has 1 aliphatic rings. The number of anilines is 3. The molecule has 1 aliphatic carbocycles. The Hall–Kier alpha value is -1.59. The maximum atomic E-state index is 4.49. The molecular weight excluding hydrogens is 264 g/mol. The Labute approximate surface area is 127 Å². The quantitative estimate of drug-likeness (QED) is 0.805. The lowest BCUT2D eigenvalue weighted by Crippen LogP contribution is -2.25. The number of rotatable bonds is 7. The monoisotopic (exact) mass is 292 g/mol. The van der Waals surface area contributed by atoms with E-state index in [1.165, 1.54) is 25.7 Å². The van der Waals surface area contributed by atoms with Crippen LogP contribution in [0.4, 0.5) is 17.8 Å². The van der Waals surface area contributed by atoms with Crippen molar-refractivity contribution in [3.8, 4) is 0 Å². The minimum Gasteiger partial charge on any atom is -0.354 e. The van der Waals surface area contributed by atoms with Crippen molar-refractivity contribution in [2.75, 3.05) is 42.7 Å². The highest BCUT2D eigenvalue weighted by molar-refractivity contribution is 5.43. The van der Waals surface area contributed by atoms with Crippen molar-refractivity contribution >= 4 is 17.8 Å². The Balaban J connectivity index is 2.07. The molecule has 2 rings (SSSR count). The first kappa shape index (κ1) is 15.8. The number of nitrogens with zero attached hydrogens (tertiary/aromatic N) is 4. The van der Waals surface area contributed by atoms with Gasteiger partial charge >= 0.3 is 0 Å². The minimum absolute atomic E-state index is 0.377. The summed E-state index contributed by atoms with van der Waals surface area (Å²) in [5.74, 6) is 2.00. The van der Waals surface area contributed by atoms with Gasteiger partial charge in [0, 0.05) is 27.2 Å². The maximum Gasteiger partial charge on any atom is 0.231 e. The zero-order valence-electron chi connectivity index (χ0n) is 13.7. The van der Waals surface area contributed by atoms with Crippen LogP contribution in [0.1, 0.15) is 46.0 Å². The minimum atomic E-state index is 0.377. The van der Waals surface area contributed by atoms with Gasteiger partial charge in [-0.15, -0.1) is 0 Å². The van der Waals surface area contributed by atoms with Gasteiger partial charge < -0.3 is 15.5 Å². The van der Waals surface area contributed by atoms with Crippen LogP contribution in [-0.4, -0.2) is 42.1 Å². The molecule has 0 unspecified atom stereocenters. The predicted molar refractivity (Wildman–Crippen MR) is 88.0 cm³/mol. The van der Waals surface area contributed by atoms with Crippen molar-refractivity contribution in [1.29, 1.82) is 0 Å². The third-order valence-electron chi connectivity index (χ3n) is 4.04. The topological polar surface area (TPSA) is 66.0 Å². The molecule has 1 saturated carbocycles. The lowest BCUT2D eigenvalue weighted by Gasteiger charge is -2.24. The molecule has 118 valence electrons. The number of aromatic nitrogens is 3. The van der Waals surface area contributed by atoms with Gasteiger partial charge in [-0.2, -0.15) is 15.0 Å². The zero-order chi connectivity index (χ0) is 15.3. The molecule has 1 heterocycles. The average molecular weight is 292 g/mol. The van der Waals surface area contributed by atoms with Crippen LogP contribution in [0.25, 0.3) is 0 Å². The van der Waals surface area contributed by atoms with E-state index < -0.39 is 0 Å². The maximum absolute atomic E-state index is 4.49. The number of nitrogens with one attached hydrogen (secondary N) is 2. The van der Waals surface area contributed by atoms with Gasteiger partial charge in [-0.05, 0) is 24.7 Å². The van der Waals surface area contributed by atoms with Crippen LogP contribution in [-0.2, 0) is 0 Å². The fraction of sp³-hybridized carbons (Fsp3) is 0.800. The van der Waals surface area contributed by atoms with Gasteiger partial charge in [0.1, 0.15) is 0 Å². The lowest BCUT2D eigenvalue weighted by molar-refractivity contribution is 0.361. The van der Waals surface area contributed by atoms with E-state index in [1.807, 2.05) is 19.0 Å². The van der Waals surface area contributed by atoms with E-state index in [2.05, 4.69) is 39.4 Å². The molecule has 0 amide bonds. The molecular formula is C15H28N6. The van der Waals surface area contributed by atoms with Crippen LogP contribution in [0.2, 0.25) is 0 Å². The third kappa shape index (κ3) is 4.44. The summed E-state index contributed by atoms with van der Waals surface area (Å²) >= 11 is 0. The number of hydrogen-bond acceptors (Lipinski definition) is 6. The Bertz CT molecular complexity index is 453. The number of hydrogen-bond donors (Lipinski definition) is 2. The molecule has 1 aromatic rings. The van der Waals surface area contributed by atoms with Gasteiger partial charge in [-0.25, -0.2) is 0 Å². The second-order valence-corrected chi connectivity index (χ2v) is 6.48. The fourth-order valence-corrected chi connectivity index (χ4v) is 2.66. The Kier molecular flexibility index (Phi) is 5.20. The summed E-state index contributed by atoms with van der Waals surface area (Å²) in [5.41, 5.74) is 0.377. The summed E-state index contributed by atoms with van der Waals surface area (Å²) < 4.78 is 0. The molecule has 0 saturated heterocycles. The molecule has 0 spiro atoms. The van der Waals surface area contributed by atoms with E-state index in [1.54, 1.807) is 0 Å². The van der Waals surface area contributed by atoms with E-state index >= 15 is 0 Å². The fourth-order valence-electron chi connectivity index (χ4n) is 2.66. The molecule has 0 aromatic carbocycles. The van der Waals surface area contributed by atoms with Crippen LogP contribution in [0.5, 0.6) is 0 Å². The first-order valence-electron chi connectivity index (χ1n) is 7.93. The highest BCUT2D eigenvalue weighted by Crippen LogP contribution is 2.37. The van der Waals surface area contributed by atoms with Gasteiger partial charge in [0.2, 0.25) is 17.8 Å². The summed E-state index contributed by atoms with van der Waals surface area (Å²) in [4.78, 5) is 15.3. The first-order valence-corrected chi connectivity index (χ1v) is 7.93. The summed E-state index contributed by atoms with van der Waals surface area (Å²) in [5, 5.41) is 6.65. The summed E-state index contributed by atoms with van der Waals surface area (Å²) in [6.45, 7) is 6.27. The highest BCUT2D eigenvalue weighted by Gasteiger charge is 2.28. The van der Waals surface area contributed by atoms with Crippen LogP contribution in [0.15, 0.2) is 0 Å². The van der Waals surface area contributed by atoms with Crippen LogP contribution < -0.4 is 15.5 Å². The lowest BCUT2D eigenvalue weighted by atomic mass is 9.89. The Morgan fingerprint density at radius 3 is 2.24 bits per heavy atom. The van der Waals surface area contributed by atoms with Crippen molar-refractivity contribution < 1.29 is 0 Å². The van der Waals surface area contributed by atoms with E-state index in [0.29, 0.717) is 23.3 Å². The standard InChI is InChI=1S/C15H28N6/c1-5-10-16-12-18-13(20-14(19-12)21(3)4)17-11-15(2)8-6-7-9-15/h5-11H2,1-4H3,(H2,16,17,18,19,20). The molecule has 2 N–H and O–H groups in total. The van der Waals surface area contributed by atoms with Crippen LogP contribution in [0.3, 0.4) is 0 Å². The van der Waals surface area contributed by atoms with Crippen molar-refractivity contribution in [3.05, 3.63) is 0 Å². The molecule has 0 aliphatic heterocycles. The summed E-state index contributed by atoms with van der Waals surface area (Å²) in [6.07, 6.45) is 6.28. The van der Waals surface area contributed by atoms with Gasteiger partial charge in [0.15, 0.2) is 0 Å². The van der Waals surface area contributed by atoms with Crippen molar-refractivity contribution in [2.24, 2.45) is 5.41 Å². The molecule has 0 atom stereocenters. The molecule has 0 bridgehead atoms. The first-order chi connectivity index (χ1) is 10.0. The van der Waals surface area contributed by atoms with Gasteiger partial charge in [-0.3, -0.25) is 0 Å². The third-order valence-corrected chi connectivity index (χ3v) is 4.04. The molecule has 21 heavy (non-hydrogen) atoms. The summed E-state index contributed by atoms with van der Waals surface area (Å²) in [6, 6.07) is 0. The second-order valence-electron chi connectivity index (χ2n) is 6.48. The van der Waals surface area contributed by atoms with Crippen molar-refractivity contribution in [1.82, 2.24) is 15.0 Å². The SMILES string of the molecule is CCCNc1nc(NCC2(C)CCCC2)nc(N(C)C)n1. The normalized spacial score (nSPS) is 16.8. The van der Waals surface area contributed by atoms with Crippen LogP contribution in [0, 0.1) is 5.41 Å². The average Bonchev–Trinajstić information content (AvgIpc) is 2.90. The van der Waals surface area contributed by atoms with Gasteiger partial charge in [0.05, 0.1) is 0 Å². The molecule has 6 nitrogen and oxygen atoms in total. The summed E-state index contributed by atoms with van der Waals surface area (Å²) in [7, 11) is 3.89. The van der Waals surface area contributed by atoms with Crippen molar-refractivity contribution in [3.63, 3.8) is 0 Å². The smallest absolute Gasteiger partial charge is 0.231 e. The van der Waals surface area contributed by atoms with E-state index in [9.17, 15) is 0 Å². The highest BCUT2D eigenvalue weighted by atomic mass is 15.3. The largest absolute Gasteiger partial charge is 0.354 e. The molecule has 6 heteroatoms. The Morgan fingerprint density at radius 1 is 1.05 bits per heavy atom. The predicted octanol–water partition coefficient (Wildman–Crippen LogP) is 2.75. The van der Waals surface area contributed by atoms with Crippen molar-refractivity contribution in [2.45, 2.75) is 46.0 Å². The van der Waals surface area contributed by atoms with Gasteiger partial charge in [-0.1, -0.05) is 26.7 Å². The van der Waals surface area contributed by atoms with E-state index in [-0.39, 0.29) is 0 Å². The molecule has 0 radical (unpaired) electrons. The molecule has 1 aromatic heterocycles.